The molecule has 3 nitrogen and oxygen atoms in total. The lowest BCUT2D eigenvalue weighted by atomic mass is 10.2. The molecule has 90 valence electrons. The van der Waals surface area contributed by atoms with Gasteiger partial charge in [0.25, 0.3) is 0 Å². The highest BCUT2D eigenvalue weighted by atomic mass is 32.1. The van der Waals surface area contributed by atoms with E-state index in [0.717, 1.165) is 32.5 Å². The Bertz CT molecular complexity index is 183. The fourth-order valence-corrected chi connectivity index (χ4v) is 1.93. The summed E-state index contributed by atoms with van der Waals surface area (Å²) in [6.07, 6.45) is 1.93. The Morgan fingerprint density at radius 1 is 1.40 bits per heavy atom. The van der Waals surface area contributed by atoms with E-state index in [2.05, 4.69) is 37.7 Å². The van der Waals surface area contributed by atoms with Gasteiger partial charge in [0.15, 0.2) is 0 Å². The molecule has 0 spiro atoms. The molecule has 0 aromatic heterocycles. The molecule has 0 saturated heterocycles. The lowest BCUT2D eigenvalue weighted by Crippen LogP contribution is -2.40. The number of likely N-dealkylation sites (N-methyl/N-ethyl adjacent to an activating group) is 2. The Balaban J connectivity index is 3.84. The van der Waals surface area contributed by atoms with Gasteiger partial charge >= 0.3 is 0 Å². The van der Waals surface area contributed by atoms with Gasteiger partial charge < -0.3 is 10.6 Å². The molecule has 0 radical (unpaired) electrons. The summed E-state index contributed by atoms with van der Waals surface area (Å²) in [6, 6.07) is 0.594. The van der Waals surface area contributed by atoms with Crippen LogP contribution in [-0.4, -0.2) is 54.6 Å². The van der Waals surface area contributed by atoms with Crippen LogP contribution in [0.5, 0.6) is 0 Å². The Labute approximate surface area is 99.6 Å². The standard InChI is InChI=1S/C11H25N3S/c1-5-14(8-6-7-11(12)15)10(2)9-13(3)4/h10H,5-9H2,1-4H3,(H2,12,15). The van der Waals surface area contributed by atoms with Crippen LogP contribution in [0.25, 0.3) is 0 Å². The predicted molar refractivity (Wildman–Crippen MR) is 71.3 cm³/mol. The molecular formula is C11H25N3S. The van der Waals surface area contributed by atoms with E-state index in [-0.39, 0.29) is 0 Å². The molecule has 0 rings (SSSR count). The molecule has 0 aromatic rings. The van der Waals surface area contributed by atoms with Crippen LogP contribution in [0.1, 0.15) is 26.7 Å². The Kier molecular flexibility index (Phi) is 7.92. The van der Waals surface area contributed by atoms with Crippen LogP contribution in [0, 0.1) is 0 Å². The zero-order valence-electron chi connectivity index (χ0n) is 10.5. The maximum atomic E-state index is 5.48. The lowest BCUT2D eigenvalue weighted by molar-refractivity contribution is 0.181. The summed E-state index contributed by atoms with van der Waals surface area (Å²) in [7, 11) is 4.22. The highest BCUT2D eigenvalue weighted by Gasteiger charge is 2.12. The third-order valence-electron chi connectivity index (χ3n) is 2.53. The number of thiocarbonyl (C=S) groups is 1. The van der Waals surface area contributed by atoms with Gasteiger partial charge in [0, 0.05) is 12.6 Å². The first-order chi connectivity index (χ1) is 6.97. The average Bonchev–Trinajstić information content (AvgIpc) is 2.10. The molecule has 0 fully saturated rings. The van der Waals surface area contributed by atoms with Gasteiger partial charge in [0.05, 0.1) is 4.99 Å². The fraction of sp³-hybridized carbons (Fsp3) is 0.909. The van der Waals surface area contributed by atoms with Crippen LogP contribution in [-0.2, 0) is 0 Å². The second kappa shape index (κ2) is 8.02. The van der Waals surface area contributed by atoms with Crippen molar-refractivity contribution in [2.75, 3.05) is 33.7 Å². The molecule has 0 aliphatic carbocycles. The van der Waals surface area contributed by atoms with Crippen molar-refractivity contribution in [2.24, 2.45) is 5.73 Å². The third-order valence-corrected chi connectivity index (χ3v) is 2.73. The summed E-state index contributed by atoms with van der Waals surface area (Å²) in [6.45, 7) is 7.74. The van der Waals surface area contributed by atoms with Crippen LogP contribution in [0.2, 0.25) is 0 Å². The van der Waals surface area contributed by atoms with Crippen molar-refractivity contribution in [1.29, 1.82) is 0 Å². The first-order valence-corrected chi connectivity index (χ1v) is 6.05. The number of hydrogen-bond donors (Lipinski definition) is 1. The van der Waals surface area contributed by atoms with E-state index in [0.29, 0.717) is 11.0 Å². The summed E-state index contributed by atoms with van der Waals surface area (Å²) in [5.41, 5.74) is 5.48. The van der Waals surface area contributed by atoms with Crippen molar-refractivity contribution >= 4 is 17.2 Å². The molecule has 2 N–H and O–H groups in total. The molecule has 0 amide bonds. The minimum atomic E-state index is 0.594. The first kappa shape index (κ1) is 14.8. The molecule has 4 heteroatoms. The van der Waals surface area contributed by atoms with Crippen LogP contribution >= 0.6 is 12.2 Å². The second-order valence-electron chi connectivity index (χ2n) is 4.31. The summed E-state index contributed by atoms with van der Waals surface area (Å²) < 4.78 is 0. The molecule has 0 heterocycles. The zero-order chi connectivity index (χ0) is 11.8. The van der Waals surface area contributed by atoms with Gasteiger partial charge in [-0.3, -0.25) is 4.90 Å². The van der Waals surface area contributed by atoms with Crippen molar-refractivity contribution in [1.82, 2.24) is 9.80 Å². The van der Waals surface area contributed by atoms with Crippen LogP contribution in [0.3, 0.4) is 0 Å². The van der Waals surface area contributed by atoms with Gasteiger partial charge in [-0.05, 0) is 47.0 Å². The van der Waals surface area contributed by atoms with Gasteiger partial charge in [0.2, 0.25) is 0 Å². The summed E-state index contributed by atoms with van der Waals surface area (Å²) in [4.78, 5) is 5.32. The summed E-state index contributed by atoms with van der Waals surface area (Å²) in [5, 5.41) is 0. The first-order valence-electron chi connectivity index (χ1n) is 5.64. The molecular weight excluding hydrogens is 206 g/mol. The maximum absolute atomic E-state index is 5.48. The third kappa shape index (κ3) is 7.71. The monoisotopic (exact) mass is 231 g/mol. The fourth-order valence-electron chi connectivity index (χ4n) is 1.79. The normalized spacial score (nSPS) is 13.5. The molecule has 0 aliphatic rings. The van der Waals surface area contributed by atoms with Gasteiger partial charge in [-0.15, -0.1) is 0 Å². The van der Waals surface area contributed by atoms with Crippen LogP contribution < -0.4 is 5.73 Å². The van der Waals surface area contributed by atoms with Gasteiger partial charge in [0.1, 0.15) is 0 Å². The number of rotatable bonds is 8. The van der Waals surface area contributed by atoms with E-state index in [4.69, 9.17) is 18.0 Å². The van der Waals surface area contributed by atoms with Crippen LogP contribution in [0.4, 0.5) is 0 Å². The highest BCUT2D eigenvalue weighted by Crippen LogP contribution is 2.03. The molecule has 0 aliphatic heterocycles. The number of hydrogen-bond acceptors (Lipinski definition) is 3. The van der Waals surface area contributed by atoms with Crippen molar-refractivity contribution in [3.63, 3.8) is 0 Å². The number of nitrogens with two attached hydrogens (primary N) is 1. The SMILES string of the molecule is CCN(CCCC(N)=S)C(C)CN(C)C. The Morgan fingerprint density at radius 3 is 2.40 bits per heavy atom. The predicted octanol–water partition coefficient (Wildman–Crippen LogP) is 1.32. The van der Waals surface area contributed by atoms with Crippen molar-refractivity contribution in [3.05, 3.63) is 0 Å². The van der Waals surface area contributed by atoms with Crippen molar-refractivity contribution < 1.29 is 0 Å². The second-order valence-corrected chi connectivity index (χ2v) is 4.83. The quantitative estimate of drug-likeness (QED) is 0.639. The van der Waals surface area contributed by atoms with Gasteiger partial charge in [-0.1, -0.05) is 19.1 Å². The van der Waals surface area contributed by atoms with Gasteiger partial charge in [-0.2, -0.15) is 0 Å². The minimum Gasteiger partial charge on any atom is -0.393 e. The maximum Gasteiger partial charge on any atom is 0.0727 e. The molecule has 0 bridgehead atoms. The molecule has 1 atom stereocenters. The van der Waals surface area contributed by atoms with Gasteiger partial charge in [-0.25, -0.2) is 0 Å². The smallest absolute Gasteiger partial charge is 0.0727 e. The highest BCUT2D eigenvalue weighted by molar-refractivity contribution is 7.80. The van der Waals surface area contributed by atoms with E-state index in [1.165, 1.54) is 0 Å². The summed E-state index contributed by atoms with van der Waals surface area (Å²) in [5.74, 6) is 0. The molecule has 0 aromatic carbocycles. The van der Waals surface area contributed by atoms with E-state index < -0.39 is 0 Å². The van der Waals surface area contributed by atoms with E-state index >= 15 is 0 Å². The van der Waals surface area contributed by atoms with Crippen molar-refractivity contribution in [2.45, 2.75) is 32.7 Å². The number of nitrogens with zero attached hydrogens (tertiary/aromatic N) is 2. The Hall–Kier alpha value is -0.190. The average molecular weight is 231 g/mol. The largest absolute Gasteiger partial charge is 0.393 e. The van der Waals surface area contributed by atoms with E-state index in [9.17, 15) is 0 Å². The molecule has 0 saturated carbocycles. The topological polar surface area (TPSA) is 32.5 Å². The molecule has 15 heavy (non-hydrogen) atoms. The minimum absolute atomic E-state index is 0.594. The zero-order valence-corrected chi connectivity index (χ0v) is 11.3. The van der Waals surface area contributed by atoms with Crippen LogP contribution in [0.15, 0.2) is 0 Å². The molecule has 1 unspecified atom stereocenters. The van der Waals surface area contributed by atoms with Crippen molar-refractivity contribution in [3.8, 4) is 0 Å². The van der Waals surface area contributed by atoms with E-state index in [1.807, 2.05) is 0 Å². The summed E-state index contributed by atoms with van der Waals surface area (Å²) >= 11 is 4.87. The van der Waals surface area contributed by atoms with E-state index in [1.54, 1.807) is 0 Å². The Morgan fingerprint density at radius 2 is 2.00 bits per heavy atom. The lowest BCUT2D eigenvalue weighted by Gasteiger charge is -2.29.